The zero-order chi connectivity index (χ0) is 11.7. The van der Waals surface area contributed by atoms with Crippen molar-refractivity contribution in [1.82, 2.24) is 0 Å². The smallest absolute Gasteiger partial charge is 0.0645 e. The minimum Gasteiger partial charge on any atom is -0.398 e. The van der Waals surface area contributed by atoms with Crippen molar-refractivity contribution in [1.29, 1.82) is 0 Å². The molecule has 0 heterocycles. The van der Waals surface area contributed by atoms with Gasteiger partial charge in [-0.15, -0.1) is 0 Å². The van der Waals surface area contributed by atoms with Crippen LogP contribution in [0.5, 0.6) is 0 Å². The van der Waals surface area contributed by atoms with E-state index in [0.717, 1.165) is 11.8 Å². The predicted molar refractivity (Wildman–Crippen MR) is 66.9 cm³/mol. The van der Waals surface area contributed by atoms with Crippen LogP contribution in [-0.2, 0) is 6.42 Å². The molecule has 78 valence electrons. The van der Waals surface area contributed by atoms with Gasteiger partial charge in [-0.1, -0.05) is 44.2 Å². The average molecular weight is 200 g/mol. The number of hydrogen-bond acceptors (Lipinski definition) is 1. The fourth-order valence-corrected chi connectivity index (χ4v) is 1.93. The molecule has 1 heteroatoms. The second-order valence-electron chi connectivity index (χ2n) is 4.37. The molecule has 0 saturated heterocycles. The van der Waals surface area contributed by atoms with Crippen LogP contribution >= 0.6 is 0 Å². The van der Waals surface area contributed by atoms with Gasteiger partial charge in [-0.25, -0.2) is 0 Å². The van der Waals surface area contributed by atoms with E-state index in [2.05, 4.69) is 19.9 Å². The third kappa shape index (κ3) is 1.96. The lowest BCUT2D eigenvalue weighted by atomic mass is 9.96. The zero-order valence-electron chi connectivity index (χ0n) is 10.2. The molecular formula is C14H17N. The largest absolute Gasteiger partial charge is 0.398 e. The summed E-state index contributed by atoms with van der Waals surface area (Å²) >= 11 is 0. The second kappa shape index (κ2) is 3.93. The van der Waals surface area contributed by atoms with Crippen molar-refractivity contribution in [3.63, 3.8) is 0 Å². The SMILES string of the molecule is [2H]c1cc(CC(C)C)c2ccccc2c1N. The molecule has 2 aromatic rings. The van der Waals surface area contributed by atoms with E-state index < -0.39 is 0 Å². The lowest BCUT2D eigenvalue weighted by Gasteiger charge is -2.10. The Labute approximate surface area is 92.3 Å². The van der Waals surface area contributed by atoms with Gasteiger partial charge in [0.15, 0.2) is 0 Å². The number of rotatable bonds is 2. The first-order valence-electron chi connectivity index (χ1n) is 5.86. The molecule has 2 aromatic carbocycles. The molecule has 0 atom stereocenters. The van der Waals surface area contributed by atoms with Crippen LogP contribution < -0.4 is 5.73 Å². The Morgan fingerprint density at radius 2 is 1.87 bits per heavy atom. The summed E-state index contributed by atoms with van der Waals surface area (Å²) in [5.41, 5.74) is 7.74. The van der Waals surface area contributed by atoms with E-state index in [9.17, 15) is 0 Å². The molecule has 0 spiro atoms. The molecule has 0 aromatic heterocycles. The summed E-state index contributed by atoms with van der Waals surface area (Å²) in [6, 6.07) is 10.4. The highest BCUT2D eigenvalue weighted by atomic mass is 14.5. The van der Waals surface area contributed by atoms with E-state index in [1.165, 1.54) is 10.9 Å². The fourth-order valence-electron chi connectivity index (χ4n) is 1.93. The molecule has 1 nitrogen and oxygen atoms in total. The maximum atomic E-state index is 7.86. The highest BCUT2D eigenvalue weighted by molar-refractivity contribution is 5.95. The Kier molecular flexibility index (Phi) is 2.30. The van der Waals surface area contributed by atoms with E-state index in [4.69, 9.17) is 7.10 Å². The third-order valence-corrected chi connectivity index (χ3v) is 2.59. The molecule has 0 unspecified atom stereocenters. The molecule has 0 aliphatic rings. The zero-order valence-corrected chi connectivity index (χ0v) is 9.25. The van der Waals surface area contributed by atoms with Crippen LogP contribution in [0.2, 0.25) is 0 Å². The van der Waals surface area contributed by atoms with Crippen LogP contribution in [0.15, 0.2) is 36.4 Å². The molecule has 0 fully saturated rings. The number of hydrogen-bond donors (Lipinski definition) is 1. The Bertz CT molecular complexity index is 517. The van der Waals surface area contributed by atoms with E-state index in [0.29, 0.717) is 17.6 Å². The predicted octanol–water partition coefficient (Wildman–Crippen LogP) is 3.62. The van der Waals surface area contributed by atoms with Crippen LogP contribution in [0.1, 0.15) is 20.8 Å². The van der Waals surface area contributed by atoms with E-state index in [-0.39, 0.29) is 0 Å². The number of fused-ring (bicyclic) bond motifs is 1. The molecule has 0 radical (unpaired) electrons. The minimum atomic E-state index is 0.439. The van der Waals surface area contributed by atoms with Crippen LogP contribution in [0.3, 0.4) is 0 Å². The molecule has 15 heavy (non-hydrogen) atoms. The van der Waals surface area contributed by atoms with Crippen LogP contribution in [0.4, 0.5) is 5.69 Å². The molecular weight excluding hydrogens is 182 g/mol. The van der Waals surface area contributed by atoms with Crippen molar-refractivity contribution in [3.05, 3.63) is 41.9 Å². The first-order chi connectivity index (χ1) is 7.59. The third-order valence-electron chi connectivity index (χ3n) is 2.59. The highest BCUT2D eigenvalue weighted by Crippen LogP contribution is 2.25. The van der Waals surface area contributed by atoms with Gasteiger partial charge in [-0.2, -0.15) is 0 Å². The Morgan fingerprint density at radius 3 is 2.53 bits per heavy atom. The van der Waals surface area contributed by atoms with Gasteiger partial charge >= 0.3 is 0 Å². The number of nitrogen functional groups attached to an aromatic ring is 1. The van der Waals surface area contributed by atoms with Gasteiger partial charge < -0.3 is 5.73 Å². The highest BCUT2D eigenvalue weighted by Gasteiger charge is 2.04. The quantitative estimate of drug-likeness (QED) is 0.736. The molecule has 0 amide bonds. The summed E-state index contributed by atoms with van der Waals surface area (Å²) in [6.07, 6.45) is 0.993. The normalized spacial score (nSPS) is 12.1. The van der Waals surface area contributed by atoms with E-state index in [1.54, 1.807) is 0 Å². The lowest BCUT2D eigenvalue weighted by molar-refractivity contribution is 0.650. The van der Waals surface area contributed by atoms with Crippen LogP contribution in [0, 0.1) is 5.92 Å². The lowest BCUT2D eigenvalue weighted by Crippen LogP contribution is -1.96. The number of nitrogens with two attached hydrogens (primary N) is 1. The van der Waals surface area contributed by atoms with Crippen molar-refractivity contribution < 1.29 is 1.37 Å². The standard InChI is InChI=1S/C14H17N/c1-10(2)9-11-7-8-14(15)13-6-4-3-5-12(11)13/h3-8,10H,9,15H2,1-2H3/i8D. The van der Waals surface area contributed by atoms with Gasteiger partial charge in [-0.05, 0) is 29.3 Å². The minimum absolute atomic E-state index is 0.439. The van der Waals surface area contributed by atoms with Gasteiger partial charge in [0.1, 0.15) is 0 Å². The average Bonchev–Trinajstić information content (AvgIpc) is 2.25. The summed E-state index contributed by atoms with van der Waals surface area (Å²) in [5, 5.41) is 2.19. The van der Waals surface area contributed by atoms with Crippen LogP contribution in [0.25, 0.3) is 10.8 Å². The molecule has 0 aliphatic heterocycles. The van der Waals surface area contributed by atoms with Gasteiger partial charge in [0.2, 0.25) is 0 Å². The molecule has 2 rings (SSSR count). The fraction of sp³-hybridized carbons (Fsp3) is 0.286. The van der Waals surface area contributed by atoms with Crippen molar-refractivity contribution in [2.45, 2.75) is 20.3 Å². The second-order valence-corrected chi connectivity index (χ2v) is 4.37. The Hall–Kier alpha value is -1.50. The summed E-state index contributed by atoms with van der Waals surface area (Å²) in [4.78, 5) is 0. The maximum absolute atomic E-state index is 7.86. The molecule has 2 N–H and O–H groups in total. The van der Waals surface area contributed by atoms with Gasteiger partial charge in [-0.3, -0.25) is 0 Å². The van der Waals surface area contributed by atoms with Gasteiger partial charge in [0.05, 0.1) is 1.37 Å². The number of benzene rings is 2. The van der Waals surface area contributed by atoms with Gasteiger partial charge in [0.25, 0.3) is 0 Å². The monoisotopic (exact) mass is 200 g/mol. The number of anilines is 1. The van der Waals surface area contributed by atoms with Crippen molar-refractivity contribution in [3.8, 4) is 0 Å². The van der Waals surface area contributed by atoms with E-state index >= 15 is 0 Å². The Morgan fingerprint density at radius 1 is 1.20 bits per heavy atom. The maximum Gasteiger partial charge on any atom is 0.0645 e. The van der Waals surface area contributed by atoms with Crippen molar-refractivity contribution in [2.75, 3.05) is 5.73 Å². The van der Waals surface area contributed by atoms with Crippen molar-refractivity contribution >= 4 is 16.5 Å². The molecule has 0 saturated carbocycles. The first-order valence-corrected chi connectivity index (χ1v) is 5.36. The summed E-state index contributed by atoms with van der Waals surface area (Å²) < 4.78 is 7.86. The van der Waals surface area contributed by atoms with E-state index in [1.807, 2.05) is 24.3 Å². The summed E-state index contributed by atoms with van der Waals surface area (Å²) in [6.45, 7) is 4.38. The first kappa shape index (κ1) is 8.78. The summed E-state index contributed by atoms with van der Waals surface area (Å²) in [5.74, 6) is 0.589. The topological polar surface area (TPSA) is 26.0 Å². The van der Waals surface area contributed by atoms with Crippen molar-refractivity contribution in [2.24, 2.45) is 5.92 Å². The Balaban J connectivity index is 2.69. The molecule has 0 aliphatic carbocycles. The van der Waals surface area contributed by atoms with Crippen LogP contribution in [-0.4, -0.2) is 0 Å². The molecule has 0 bridgehead atoms. The summed E-state index contributed by atoms with van der Waals surface area (Å²) in [7, 11) is 0. The van der Waals surface area contributed by atoms with Gasteiger partial charge in [0, 0.05) is 11.1 Å².